The van der Waals surface area contributed by atoms with Crippen molar-refractivity contribution in [2.24, 2.45) is 30.7 Å². The third-order valence-corrected chi connectivity index (χ3v) is 11.8. The number of anilines is 3. The summed E-state index contributed by atoms with van der Waals surface area (Å²) in [7, 11) is -15.8. The van der Waals surface area contributed by atoms with E-state index < -0.39 is 94.9 Å². The molecule has 7 aromatic carbocycles. The Hall–Kier alpha value is -7.81. The number of benzene rings is 7. The zero-order valence-electron chi connectivity index (χ0n) is 31.5. The number of azo groups is 3. The summed E-state index contributed by atoms with van der Waals surface area (Å²) in [5, 5.41) is 46.8. The number of fused-ring (bicyclic) bond motifs is 2. The van der Waals surface area contributed by atoms with Crippen LogP contribution in [0, 0.1) is 10.1 Å². The first kappa shape index (κ1) is 43.3. The van der Waals surface area contributed by atoms with Crippen LogP contribution in [-0.2, 0) is 30.4 Å². The summed E-state index contributed by atoms with van der Waals surface area (Å²) in [5.41, 5.74) is 17.9. The lowest BCUT2D eigenvalue weighted by Crippen LogP contribution is -2.04. The van der Waals surface area contributed by atoms with Gasteiger partial charge in [0.15, 0.2) is 5.75 Å². The number of nitro groups is 1. The number of nitrogens with zero attached hydrogens (tertiary/aromatic N) is 7. The highest BCUT2D eigenvalue weighted by atomic mass is 32.2. The maximum atomic E-state index is 12.6. The number of aromatic hydroxyl groups is 1. The van der Waals surface area contributed by atoms with E-state index in [-0.39, 0.29) is 5.69 Å². The fraction of sp³-hybridized carbons (Fsp3) is 0. The molecule has 22 nitrogen and oxygen atoms in total. The van der Waals surface area contributed by atoms with Crippen LogP contribution in [0.3, 0.4) is 0 Å². The number of nitro benzene ring substituents is 1. The summed E-state index contributed by atoms with van der Waals surface area (Å²) in [6.45, 7) is 0. The molecule has 7 aromatic rings. The molecule has 0 aliphatic carbocycles. The molecule has 0 aliphatic heterocycles. The van der Waals surface area contributed by atoms with E-state index in [1.807, 2.05) is 12.1 Å². The van der Waals surface area contributed by atoms with E-state index in [0.717, 1.165) is 28.5 Å². The smallest absolute Gasteiger partial charge is 0.297 e. The molecule has 7 rings (SSSR count). The van der Waals surface area contributed by atoms with Crippen molar-refractivity contribution in [1.82, 2.24) is 0 Å². The third kappa shape index (κ3) is 8.98. The molecule has 0 saturated heterocycles. The molecular weight excluding hydrogens is 885 g/mol. The van der Waals surface area contributed by atoms with Crippen LogP contribution in [0.25, 0.3) is 32.7 Å². The minimum absolute atomic E-state index is 0.149. The Morgan fingerprint density at radius 1 is 0.524 bits per heavy atom. The van der Waals surface area contributed by atoms with Gasteiger partial charge >= 0.3 is 0 Å². The zero-order chi connectivity index (χ0) is 45.6. The fourth-order valence-corrected chi connectivity index (χ4v) is 8.19. The van der Waals surface area contributed by atoms with E-state index in [1.165, 1.54) is 12.1 Å². The summed E-state index contributed by atoms with van der Waals surface area (Å²) >= 11 is 0. The SMILES string of the molecule is Nc1ccc2ccc(N)c(N=Nc3ccc(-c4ccc(N=Nc5c(S(=O)(=O)O)cc6cc(S(=O)(=O)O)c(N=Nc7ccc([N+](=O)[O-])cc7S(=O)(=O)O)c(O)c6c5N)cc4)cc3)c2c1. The summed E-state index contributed by atoms with van der Waals surface area (Å²) in [5.74, 6) is -1.17. The molecule has 0 aromatic heterocycles. The van der Waals surface area contributed by atoms with Crippen molar-refractivity contribution in [2.45, 2.75) is 14.7 Å². The quantitative estimate of drug-likeness (QED) is 0.0209. The van der Waals surface area contributed by atoms with Gasteiger partial charge in [0.1, 0.15) is 37.4 Å². The minimum Gasteiger partial charge on any atom is -0.505 e. The van der Waals surface area contributed by atoms with Crippen LogP contribution in [0.2, 0.25) is 0 Å². The van der Waals surface area contributed by atoms with Gasteiger partial charge in [-0.3, -0.25) is 23.8 Å². The van der Waals surface area contributed by atoms with Crippen LogP contribution < -0.4 is 17.2 Å². The summed E-state index contributed by atoms with van der Waals surface area (Å²) < 4.78 is 104. The highest BCUT2D eigenvalue weighted by Crippen LogP contribution is 2.48. The van der Waals surface area contributed by atoms with E-state index >= 15 is 0 Å². The fourth-order valence-electron chi connectivity index (χ4n) is 6.22. The first-order chi connectivity index (χ1) is 29.6. The second-order valence-electron chi connectivity index (χ2n) is 13.3. The van der Waals surface area contributed by atoms with Crippen molar-refractivity contribution >= 4 is 109 Å². The Morgan fingerprint density at radius 3 is 1.57 bits per heavy atom. The molecular formula is C38H28N10O12S3. The number of phenols is 1. The van der Waals surface area contributed by atoms with Crippen molar-refractivity contribution in [3.63, 3.8) is 0 Å². The van der Waals surface area contributed by atoms with Crippen LogP contribution in [0.1, 0.15) is 0 Å². The van der Waals surface area contributed by atoms with E-state index in [0.29, 0.717) is 46.5 Å². The van der Waals surface area contributed by atoms with Gasteiger partial charge in [0.25, 0.3) is 36.0 Å². The number of phenolic OH excluding ortho intramolecular Hbond substituents is 1. The van der Waals surface area contributed by atoms with Gasteiger partial charge < -0.3 is 22.3 Å². The van der Waals surface area contributed by atoms with Gasteiger partial charge in [-0.2, -0.15) is 35.5 Å². The molecule has 0 fully saturated rings. The van der Waals surface area contributed by atoms with Gasteiger partial charge in [-0.1, -0.05) is 36.4 Å². The first-order valence-electron chi connectivity index (χ1n) is 17.5. The minimum atomic E-state index is -5.36. The van der Waals surface area contributed by atoms with Crippen LogP contribution in [-0.4, -0.2) is 48.9 Å². The molecule has 0 unspecified atom stereocenters. The number of rotatable bonds is 11. The van der Waals surface area contributed by atoms with Gasteiger partial charge in [-0.05, 0) is 82.6 Å². The molecule has 0 aliphatic rings. The largest absolute Gasteiger partial charge is 0.505 e. The van der Waals surface area contributed by atoms with Crippen LogP contribution in [0.15, 0.2) is 155 Å². The van der Waals surface area contributed by atoms with Crippen molar-refractivity contribution < 1.29 is 48.9 Å². The number of nitrogens with two attached hydrogens (primary N) is 3. The number of hydrogen-bond acceptors (Lipinski definition) is 18. The highest BCUT2D eigenvalue weighted by Gasteiger charge is 2.28. The van der Waals surface area contributed by atoms with E-state index in [9.17, 15) is 54.1 Å². The van der Waals surface area contributed by atoms with Gasteiger partial charge in [-0.25, -0.2) is 0 Å². The molecule has 0 radical (unpaired) electrons. The molecule has 0 saturated carbocycles. The summed E-state index contributed by atoms with van der Waals surface area (Å²) in [6, 6.07) is 25.6. The van der Waals surface area contributed by atoms with Gasteiger partial charge in [-0.15, -0.1) is 20.5 Å². The van der Waals surface area contributed by atoms with Crippen LogP contribution >= 0.6 is 0 Å². The van der Waals surface area contributed by atoms with Gasteiger partial charge in [0.05, 0.1) is 33.1 Å². The summed E-state index contributed by atoms with van der Waals surface area (Å²) in [4.78, 5) is 6.88. The molecule has 63 heavy (non-hydrogen) atoms. The van der Waals surface area contributed by atoms with E-state index in [1.54, 1.807) is 54.6 Å². The predicted octanol–water partition coefficient (Wildman–Crippen LogP) is 9.01. The second-order valence-corrected chi connectivity index (χ2v) is 17.5. The average Bonchev–Trinajstić information content (AvgIpc) is 3.21. The molecule has 10 N–H and O–H groups in total. The Kier molecular flexibility index (Phi) is 11.2. The number of hydrogen-bond donors (Lipinski definition) is 7. The van der Waals surface area contributed by atoms with Crippen LogP contribution in [0.4, 0.5) is 56.9 Å². The monoisotopic (exact) mass is 912 g/mol. The topological polar surface area (TPSA) is 379 Å². The maximum Gasteiger partial charge on any atom is 0.297 e. The standard InChI is InChI=1S/C38H28N10O12S3/c39-23-7-1-21-6-13-28(40)35(27(21)17-23)45-42-24-8-2-19(3-9-24)20-4-10-25(11-5-20)43-46-36-31(62(55,56)57)15-22-16-32(63(58,59)60)37(38(49)33(22)34(36)41)47-44-29-14-12-26(48(50)51)18-30(29)61(52,53)54/h1-18,49H,39-41H2,(H,52,53,54)(H,55,56,57)(H,58,59,60). The van der Waals surface area contributed by atoms with E-state index in [4.69, 9.17) is 17.2 Å². The Bertz CT molecular complexity index is 3490. The average molecular weight is 913 g/mol. The zero-order valence-corrected chi connectivity index (χ0v) is 34.0. The lowest BCUT2D eigenvalue weighted by atomic mass is 10.0. The summed E-state index contributed by atoms with van der Waals surface area (Å²) in [6.07, 6.45) is 0. The lowest BCUT2D eigenvalue weighted by molar-refractivity contribution is -0.385. The van der Waals surface area contributed by atoms with E-state index in [2.05, 4.69) is 30.7 Å². The van der Waals surface area contributed by atoms with Gasteiger partial charge in [0.2, 0.25) is 0 Å². The van der Waals surface area contributed by atoms with Gasteiger partial charge in [0, 0.05) is 23.2 Å². The molecule has 0 spiro atoms. The Labute approximate surface area is 355 Å². The number of nitrogen functional groups attached to an aromatic ring is 3. The number of non-ortho nitro benzene ring substituents is 1. The maximum absolute atomic E-state index is 12.6. The van der Waals surface area contributed by atoms with Crippen molar-refractivity contribution in [1.29, 1.82) is 0 Å². The lowest BCUT2D eigenvalue weighted by Gasteiger charge is -2.14. The Balaban J connectivity index is 1.22. The van der Waals surface area contributed by atoms with Crippen molar-refractivity contribution in [3.05, 3.63) is 119 Å². The second kappa shape index (κ2) is 16.2. The molecule has 0 amide bonds. The molecule has 0 atom stereocenters. The highest BCUT2D eigenvalue weighted by molar-refractivity contribution is 7.86. The Morgan fingerprint density at radius 2 is 1.03 bits per heavy atom. The third-order valence-electron chi connectivity index (χ3n) is 9.21. The predicted molar refractivity (Wildman–Crippen MR) is 230 cm³/mol. The van der Waals surface area contributed by atoms with Crippen molar-refractivity contribution in [3.8, 4) is 16.9 Å². The van der Waals surface area contributed by atoms with Crippen LogP contribution in [0.5, 0.6) is 5.75 Å². The molecule has 25 heteroatoms. The van der Waals surface area contributed by atoms with Crippen molar-refractivity contribution in [2.75, 3.05) is 17.2 Å². The normalized spacial score (nSPS) is 12.6. The first-order valence-corrected chi connectivity index (χ1v) is 21.8. The molecule has 0 bridgehead atoms. The molecule has 320 valence electrons. The molecule has 0 heterocycles.